The molecule has 2 N–H and O–H groups in total. The van der Waals surface area contributed by atoms with Crippen molar-refractivity contribution in [2.24, 2.45) is 5.92 Å². The molecule has 0 spiro atoms. The molecule has 0 heterocycles. The molecule has 0 saturated heterocycles. The Morgan fingerprint density at radius 2 is 2.00 bits per heavy atom. The van der Waals surface area contributed by atoms with E-state index in [0.717, 1.165) is 0 Å². The van der Waals surface area contributed by atoms with E-state index in [1.165, 1.54) is 7.11 Å². The van der Waals surface area contributed by atoms with Gasteiger partial charge in [0.25, 0.3) is 0 Å². The Labute approximate surface area is 96.0 Å². The molecule has 88 valence electrons. The topological polar surface area (TPSA) is 58.9 Å². The van der Waals surface area contributed by atoms with Gasteiger partial charge in [-0.25, -0.2) is 0 Å². The number of hydrogen-bond acceptors (Lipinski definition) is 4. The molecule has 0 amide bonds. The van der Waals surface area contributed by atoms with E-state index in [-0.39, 0.29) is 0 Å². The first-order valence-corrected chi connectivity index (χ1v) is 5.21. The molecular formula is C11H17BO4. The fraction of sp³-hybridized carbons (Fsp3) is 0.455. The van der Waals surface area contributed by atoms with Crippen molar-refractivity contribution < 1.29 is 19.5 Å². The molecule has 0 atom stereocenters. The minimum absolute atomic E-state index is 0.319. The van der Waals surface area contributed by atoms with Gasteiger partial charge in [0.05, 0.1) is 13.7 Å². The Bertz CT molecular complexity index is 339. The molecule has 1 aromatic rings. The minimum atomic E-state index is -1.56. The molecule has 0 aliphatic heterocycles. The number of rotatable bonds is 5. The summed E-state index contributed by atoms with van der Waals surface area (Å²) in [4.78, 5) is 0. The lowest BCUT2D eigenvalue weighted by atomic mass is 9.79. The van der Waals surface area contributed by atoms with Crippen molar-refractivity contribution in [1.29, 1.82) is 0 Å². The van der Waals surface area contributed by atoms with Gasteiger partial charge in [0, 0.05) is 5.46 Å². The predicted octanol–water partition coefficient (Wildman–Crippen LogP) is 0.410. The summed E-state index contributed by atoms with van der Waals surface area (Å²) in [7, 11) is -0.0328. The molecule has 0 aliphatic rings. The van der Waals surface area contributed by atoms with Crippen molar-refractivity contribution in [3.63, 3.8) is 0 Å². The molecule has 0 aliphatic carbocycles. The molecular weight excluding hydrogens is 207 g/mol. The van der Waals surface area contributed by atoms with Crippen molar-refractivity contribution in [3.05, 3.63) is 18.2 Å². The van der Waals surface area contributed by atoms with Crippen LogP contribution in [0.15, 0.2) is 18.2 Å². The molecule has 0 unspecified atom stereocenters. The third kappa shape index (κ3) is 3.43. The summed E-state index contributed by atoms with van der Waals surface area (Å²) in [6.45, 7) is 4.59. The summed E-state index contributed by atoms with van der Waals surface area (Å²) >= 11 is 0. The summed E-state index contributed by atoms with van der Waals surface area (Å²) in [6.07, 6.45) is 0. The number of hydrogen-bond donors (Lipinski definition) is 2. The largest absolute Gasteiger partial charge is 0.497 e. The summed E-state index contributed by atoms with van der Waals surface area (Å²) in [5, 5.41) is 18.4. The molecule has 5 heteroatoms. The standard InChI is InChI=1S/C11H17BO4/c1-8(2)7-16-11-5-4-9(15-3)6-10(11)12(13)14/h4-6,8,13-14H,7H2,1-3H3. The van der Waals surface area contributed by atoms with E-state index in [2.05, 4.69) is 0 Å². The van der Waals surface area contributed by atoms with Gasteiger partial charge in [-0.2, -0.15) is 0 Å². The SMILES string of the molecule is COc1ccc(OCC(C)C)c(B(O)O)c1. The molecule has 0 saturated carbocycles. The Morgan fingerprint density at radius 3 is 2.50 bits per heavy atom. The van der Waals surface area contributed by atoms with E-state index in [1.807, 2.05) is 13.8 Å². The molecule has 1 rings (SSSR count). The second-order valence-corrected chi connectivity index (χ2v) is 3.98. The fourth-order valence-corrected chi connectivity index (χ4v) is 1.24. The average molecular weight is 224 g/mol. The molecule has 0 radical (unpaired) electrons. The first-order chi connectivity index (χ1) is 7.54. The Morgan fingerprint density at radius 1 is 1.31 bits per heavy atom. The third-order valence-corrected chi connectivity index (χ3v) is 2.07. The maximum Gasteiger partial charge on any atom is 0.492 e. The minimum Gasteiger partial charge on any atom is -0.497 e. The van der Waals surface area contributed by atoms with Crippen molar-refractivity contribution in [2.75, 3.05) is 13.7 Å². The van der Waals surface area contributed by atoms with E-state index in [4.69, 9.17) is 9.47 Å². The van der Waals surface area contributed by atoms with E-state index in [0.29, 0.717) is 29.5 Å². The van der Waals surface area contributed by atoms with Crippen LogP contribution in [0.1, 0.15) is 13.8 Å². The van der Waals surface area contributed by atoms with Gasteiger partial charge in [-0.3, -0.25) is 0 Å². The van der Waals surface area contributed by atoms with E-state index in [1.54, 1.807) is 18.2 Å². The van der Waals surface area contributed by atoms with Crippen LogP contribution in [0, 0.1) is 5.92 Å². The van der Waals surface area contributed by atoms with Crippen LogP contribution in [0.2, 0.25) is 0 Å². The summed E-state index contributed by atoms with van der Waals surface area (Å²) < 4.78 is 10.5. The van der Waals surface area contributed by atoms with Gasteiger partial charge >= 0.3 is 7.12 Å². The average Bonchev–Trinajstić information content (AvgIpc) is 2.25. The predicted molar refractivity (Wildman–Crippen MR) is 63.2 cm³/mol. The second kappa shape index (κ2) is 5.77. The molecule has 0 fully saturated rings. The van der Waals surface area contributed by atoms with Crippen LogP contribution in [0.25, 0.3) is 0 Å². The highest BCUT2D eigenvalue weighted by Crippen LogP contribution is 2.16. The monoisotopic (exact) mass is 224 g/mol. The van der Waals surface area contributed by atoms with Crippen molar-refractivity contribution in [2.45, 2.75) is 13.8 Å². The first kappa shape index (κ1) is 12.9. The van der Waals surface area contributed by atoms with Crippen LogP contribution in [0.3, 0.4) is 0 Å². The highest BCUT2D eigenvalue weighted by molar-refractivity contribution is 6.59. The zero-order valence-electron chi connectivity index (χ0n) is 9.80. The van der Waals surface area contributed by atoms with Crippen molar-refractivity contribution in [3.8, 4) is 11.5 Å². The van der Waals surface area contributed by atoms with Gasteiger partial charge in [-0.05, 0) is 24.1 Å². The van der Waals surface area contributed by atoms with Gasteiger partial charge in [-0.1, -0.05) is 13.8 Å². The van der Waals surface area contributed by atoms with Crippen LogP contribution >= 0.6 is 0 Å². The van der Waals surface area contributed by atoms with E-state index >= 15 is 0 Å². The Kier molecular flexibility index (Phi) is 4.64. The maximum absolute atomic E-state index is 9.21. The zero-order chi connectivity index (χ0) is 12.1. The lowest BCUT2D eigenvalue weighted by Gasteiger charge is -2.13. The van der Waals surface area contributed by atoms with Crippen LogP contribution in [-0.4, -0.2) is 30.9 Å². The quantitative estimate of drug-likeness (QED) is 0.711. The highest BCUT2D eigenvalue weighted by Gasteiger charge is 2.18. The molecule has 1 aromatic carbocycles. The zero-order valence-corrected chi connectivity index (χ0v) is 9.80. The first-order valence-electron chi connectivity index (χ1n) is 5.21. The van der Waals surface area contributed by atoms with Crippen molar-refractivity contribution >= 4 is 12.6 Å². The smallest absolute Gasteiger partial charge is 0.492 e. The number of benzene rings is 1. The highest BCUT2D eigenvalue weighted by atomic mass is 16.5. The molecule has 0 bridgehead atoms. The molecule has 16 heavy (non-hydrogen) atoms. The molecule has 0 aromatic heterocycles. The van der Waals surface area contributed by atoms with Crippen LogP contribution in [0.4, 0.5) is 0 Å². The van der Waals surface area contributed by atoms with Gasteiger partial charge < -0.3 is 19.5 Å². The van der Waals surface area contributed by atoms with Gasteiger partial charge in [-0.15, -0.1) is 0 Å². The summed E-state index contributed by atoms with van der Waals surface area (Å²) in [5.41, 5.74) is 0.319. The van der Waals surface area contributed by atoms with Gasteiger partial charge in [0.2, 0.25) is 0 Å². The van der Waals surface area contributed by atoms with Crippen LogP contribution in [-0.2, 0) is 0 Å². The van der Waals surface area contributed by atoms with E-state index < -0.39 is 7.12 Å². The lowest BCUT2D eigenvalue weighted by molar-refractivity contribution is 0.271. The lowest BCUT2D eigenvalue weighted by Crippen LogP contribution is -2.32. The Hall–Kier alpha value is -1.20. The van der Waals surface area contributed by atoms with E-state index in [9.17, 15) is 10.0 Å². The number of methoxy groups -OCH3 is 1. The normalized spacial score (nSPS) is 10.4. The summed E-state index contributed by atoms with van der Waals surface area (Å²) in [6, 6.07) is 4.96. The van der Waals surface area contributed by atoms with Crippen LogP contribution in [0.5, 0.6) is 11.5 Å². The van der Waals surface area contributed by atoms with Gasteiger partial charge in [0.15, 0.2) is 0 Å². The fourth-order valence-electron chi connectivity index (χ4n) is 1.24. The van der Waals surface area contributed by atoms with Crippen molar-refractivity contribution in [1.82, 2.24) is 0 Å². The van der Waals surface area contributed by atoms with Gasteiger partial charge in [0.1, 0.15) is 11.5 Å². The second-order valence-electron chi connectivity index (χ2n) is 3.98. The number of ether oxygens (including phenoxy) is 2. The maximum atomic E-state index is 9.21. The summed E-state index contributed by atoms with van der Waals surface area (Å²) in [5.74, 6) is 1.43. The Balaban J connectivity index is 2.89. The third-order valence-electron chi connectivity index (χ3n) is 2.07. The van der Waals surface area contributed by atoms with Crippen LogP contribution < -0.4 is 14.9 Å². The molecule has 4 nitrogen and oxygen atoms in total.